The Bertz CT molecular complexity index is 453. The third-order valence-corrected chi connectivity index (χ3v) is 3.40. The minimum Gasteiger partial charge on any atom is -0.496 e. The lowest BCUT2D eigenvalue weighted by atomic mass is 9.94. The monoisotopic (exact) mass is 250 g/mol. The number of hydrogen-bond acceptors (Lipinski definition) is 4. The van der Waals surface area contributed by atoms with E-state index in [1.807, 2.05) is 27.7 Å². The number of rotatable bonds is 5. The predicted molar refractivity (Wildman–Crippen MR) is 72.1 cm³/mol. The van der Waals surface area contributed by atoms with Gasteiger partial charge < -0.3 is 10.1 Å². The van der Waals surface area contributed by atoms with E-state index in [0.717, 1.165) is 22.6 Å². The largest absolute Gasteiger partial charge is 0.496 e. The Morgan fingerprint density at radius 2 is 2.06 bits per heavy atom. The highest BCUT2D eigenvalue weighted by Crippen LogP contribution is 2.24. The lowest BCUT2D eigenvalue weighted by Crippen LogP contribution is -2.45. The number of pyridine rings is 1. The van der Waals surface area contributed by atoms with E-state index < -0.39 is 5.54 Å². The van der Waals surface area contributed by atoms with E-state index in [9.17, 15) is 4.79 Å². The second-order valence-corrected chi connectivity index (χ2v) is 5.02. The number of ketones is 1. The maximum atomic E-state index is 12.2. The van der Waals surface area contributed by atoms with E-state index in [1.165, 1.54) is 0 Å². The van der Waals surface area contributed by atoms with Gasteiger partial charge in [0, 0.05) is 17.3 Å². The number of Topliss-reactive ketones (excluding diaryl/α,β-unsaturated/α-hetero) is 1. The Morgan fingerprint density at radius 3 is 2.56 bits per heavy atom. The van der Waals surface area contributed by atoms with Crippen molar-refractivity contribution in [3.05, 3.63) is 23.0 Å². The molecule has 0 aliphatic carbocycles. The summed E-state index contributed by atoms with van der Waals surface area (Å²) in [5, 5.41) is 3.01. The molecule has 0 aromatic carbocycles. The SMILES string of the molecule is CNC(C)(C)C(=O)Cc1ncc(C)c(OC)c1C. The fourth-order valence-corrected chi connectivity index (χ4v) is 1.76. The van der Waals surface area contributed by atoms with E-state index >= 15 is 0 Å². The van der Waals surface area contributed by atoms with Crippen LogP contribution in [0.1, 0.15) is 30.7 Å². The van der Waals surface area contributed by atoms with Crippen molar-refractivity contribution in [2.45, 2.75) is 39.7 Å². The van der Waals surface area contributed by atoms with Gasteiger partial charge in [-0.2, -0.15) is 0 Å². The summed E-state index contributed by atoms with van der Waals surface area (Å²) < 4.78 is 5.34. The van der Waals surface area contributed by atoms with Crippen LogP contribution in [-0.4, -0.2) is 30.5 Å². The lowest BCUT2D eigenvalue weighted by Gasteiger charge is -2.22. The fraction of sp³-hybridized carbons (Fsp3) is 0.571. The number of methoxy groups -OCH3 is 1. The summed E-state index contributed by atoms with van der Waals surface area (Å²) in [6.45, 7) is 7.63. The first-order valence-electron chi connectivity index (χ1n) is 6.04. The van der Waals surface area contributed by atoms with Gasteiger partial charge in [0.15, 0.2) is 5.78 Å². The predicted octanol–water partition coefficient (Wildman–Crippen LogP) is 1.82. The summed E-state index contributed by atoms with van der Waals surface area (Å²) in [5.41, 5.74) is 2.18. The summed E-state index contributed by atoms with van der Waals surface area (Å²) in [5.74, 6) is 0.932. The van der Waals surface area contributed by atoms with Gasteiger partial charge in [-0.1, -0.05) is 0 Å². The molecular weight excluding hydrogens is 228 g/mol. The molecule has 100 valence electrons. The summed E-state index contributed by atoms with van der Waals surface area (Å²) in [6, 6.07) is 0. The maximum Gasteiger partial charge on any atom is 0.158 e. The van der Waals surface area contributed by atoms with Gasteiger partial charge in [-0.3, -0.25) is 9.78 Å². The summed E-state index contributed by atoms with van der Waals surface area (Å²) in [7, 11) is 3.42. The number of carbonyl (C=O) groups is 1. The first-order chi connectivity index (χ1) is 8.33. The third-order valence-electron chi connectivity index (χ3n) is 3.40. The molecule has 1 aromatic rings. The molecule has 0 bridgehead atoms. The molecule has 0 radical (unpaired) electrons. The van der Waals surface area contributed by atoms with Gasteiger partial charge in [0.2, 0.25) is 0 Å². The molecule has 0 atom stereocenters. The maximum absolute atomic E-state index is 12.2. The van der Waals surface area contributed by atoms with Gasteiger partial charge in [-0.15, -0.1) is 0 Å². The molecule has 0 aliphatic heterocycles. The molecule has 1 aromatic heterocycles. The van der Waals surface area contributed by atoms with Gasteiger partial charge in [-0.25, -0.2) is 0 Å². The molecular formula is C14H22N2O2. The van der Waals surface area contributed by atoms with E-state index in [1.54, 1.807) is 20.4 Å². The average Bonchev–Trinajstić information content (AvgIpc) is 2.33. The van der Waals surface area contributed by atoms with Gasteiger partial charge in [-0.05, 0) is 34.7 Å². The van der Waals surface area contributed by atoms with Crippen molar-refractivity contribution in [2.24, 2.45) is 0 Å². The highest BCUT2D eigenvalue weighted by Gasteiger charge is 2.26. The van der Waals surface area contributed by atoms with Gasteiger partial charge in [0.25, 0.3) is 0 Å². The van der Waals surface area contributed by atoms with Crippen molar-refractivity contribution in [3.63, 3.8) is 0 Å². The molecule has 1 N–H and O–H groups in total. The van der Waals surface area contributed by atoms with Gasteiger partial charge in [0.1, 0.15) is 5.75 Å². The molecule has 18 heavy (non-hydrogen) atoms. The topological polar surface area (TPSA) is 51.2 Å². The zero-order valence-electron chi connectivity index (χ0n) is 12.0. The number of hydrogen-bond donors (Lipinski definition) is 1. The van der Waals surface area contributed by atoms with Crippen molar-refractivity contribution in [3.8, 4) is 5.75 Å². The molecule has 0 spiro atoms. The van der Waals surface area contributed by atoms with Crippen molar-refractivity contribution in [2.75, 3.05) is 14.2 Å². The van der Waals surface area contributed by atoms with Crippen molar-refractivity contribution in [1.82, 2.24) is 10.3 Å². The smallest absolute Gasteiger partial charge is 0.158 e. The molecule has 0 unspecified atom stereocenters. The Balaban J connectivity index is 3.03. The summed E-state index contributed by atoms with van der Waals surface area (Å²) in [6.07, 6.45) is 2.07. The van der Waals surface area contributed by atoms with Crippen LogP contribution in [0.3, 0.4) is 0 Å². The molecule has 1 heterocycles. The first-order valence-corrected chi connectivity index (χ1v) is 6.04. The van der Waals surface area contributed by atoms with Crippen LogP contribution in [0.2, 0.25) is 0 Å². The molecule has 0 saturated carbocycles. The molecule has 0 amide bonds. The standard InChI is InChI=1S/C14H22N2O2/c1-9-8-16-11(10(2)13(9)18-6)7-12(17)14(3,4)15-5/h8,15H,7H2,1-6H3. The Labute approximate surface area is 109 Å². The Hall–Kier alpha value is -1.42. The Kier molecular flexibility index (Phi) is 4.46. The quantitative estimate of drug-likeness (QED) is 0.866. The molecule has 0 aliphatic rings. The summed E-state index contributed by atoms with van der Waals surface area (Å²) >= 11 is 0. The zero-order chi connectivity index (χ0) is 13.9. The number of nitrogens with one attached hydrogen (secondary N) is 1. The molecule has 0 saturated heterocycles. The minimum atomic E-state index is -0.535. The van der Waals surface area contributed by atoms with E-state index in [0.29, 0.717) is 6.42 Å². The van der Waals surface area contributed by atoms with E-state index in [2.05, 4.69) is 10.3 Å². The number of aryl methyl sites for hydroxylation is 1. The highest BCUT2D eigenvalue weighted by atomic mass is 16.5. The highest BCUT2D eigenvalue weighted by molar-refractivity contribution is 5.89. The summed E-state index contributed by atoms with van der Waals surface area (Å²) in [4.78, 5) is 16.5. The fourth-order valence-electron chi connectivity index (χ4n) is 1.76. The van der Waals surface area contributed by atoms with Crippen LogP contribution in [0.5, 0.6) is 5.75 Å². The van der Waals surface area contributed by atoms with Crippen LogP contribution < -0.4 is 10.1 Å². The number of carbonyl (C=O) groups excluding carboxylic acids is 1. The van der Waals surface area contributed by atoms with Crippen LogP contribution >= 0.6 is 0 Å². The number of aromatic nitrogens is 1. The normalized spacial score (nSPS) is 11.4. The second-order valence-electron chi connectivity index (χ2n) is 5.02. The van der Waals surface area contributed by atoms with Crippen LogP contribution in [0.4, 0.5) is 0 Å². The first kappa shape index (κ1) is 14.6. The molecule has 1 rings (SSSR count). The number of ether oxygens (including phenoxy) is 1. The van der Waals surface area contributed by atoms with Crippen LogP contribution in [0.15, 0.2) is 6.20 Å². The lowest BCUT2D eigenvalue weighted by molar-refractivity contribution is -0.123. The van der Waals surface area contributed by atoms with Crippen molar-refractivity contribution >= 4 is 5.78 Å². The van der Waals surface area contributed by atoms with Crippen LogP contribution in [-0.2, 0) is 11.2 Å². The van der Waals surface area contributed by atoms with Crippen LogP contribution in [0, 0.1) is 13.8 Å². The average molecular weight is 250 g/mol. The Morgan fingerprint density at radius 1 is 1.44 bits per heavy atom. The second kappa shape index (κ2) is 5.48. The zero-order valence-corrected chi connectivity index (χ0v) is 12.0. The third kappa shape index (κ3) is 2.88. The van der Waals surface area contributed by atoms with Gasteiger partial charge in [0.05, 0.1) is 24.8 Å². The van der Waals surface area contributed by atoms with E-state index in [4.69, 9.17) is 4.74 Å². The molecule has 0 fully saturated rings. The molecule has 4 heteroatoms. The van der Waals surface area contributed by atoms with Crippen LogP contribution in [0.25, 0.3) is 0 Å². The number of nitrogens with zero attached hydrogens (tertiary/aromatic N) is 1. The van der Waals surface area contributed by atoms with E-state index in [-0.39, 0.29) is 5.78 Å². The number of likely N-dealkylation sites (N-methyl/N-ethyl adjacent to an activating group) is 1. The molecule has 4 nitrogen and oxygen atoms in total. The van der Waals surface area contributed by atoms with Crippen molar-refractivity contribution in [1.29, 1.82) is 0 Å². The minimum absolute atomic E-state index is 0.117. The van der Waals surface area contributed by atoms with Gasteiger partial charge >= 0.3 is 0 Å². The van der Waals surface area contributed by atoms with Crippen molar-refractivity contribution < 1.29 is 9.53 Å².